The van der Waals surface area contributed by atoms with Gasteiger partial charge in [0.15, 0.2) is 0 Å². The summed E-state index contributed by atoms with van der Waals surface area (Å²) in [5, 5.41) is 6.28. The van der Waals surface area contributed by atoms with E-state index in [1.807, 2.05) is 18.9 Å². The van der Waals surface area contributed by atoms with E-state index in [9.17, 15) is 4.79 Å². The van der Waals surface area contributed by atoms with Crippen LogP contribution in [0.15, 0.2) is 5.38 Å². The van der Waals surface area contributed by atoms with Crippen LogP contribution in [0.5, 0.6) is 0 Å². The molecule has 1 N–H and O–H groups in total. The van der Waals surface area contributed by atoms with Gasteiger partial charge in [-0.25, -0.2) is 9.78 Å². The standard InChI is InChI=1S/C13H19N3OS/c1-8-7-18-12(14-8)11(9-3-4-9)15-13(17)16(2)10-5-6-10/h7,9-11H,3-6H2,1-2H3,(H,15,17)/t11-/m1/s1. The zero-order valence-electron chi connectivity index (χ0n) is 10.8. The first-order valence-electron chi connectivity index (χ1n) is 6.60. The number of thiazole rings is 1. The van der Waals surface area contributed by atoms with Crippen molar-refractivity contribution in [3.05, 3.63) is 16.1 Å². The van der Waals surface area contributed by atoms with Crippen molar-refractivity contribution >= 4 is 17.4 Å². The van der Waals surface area contributed by atoms with Gasteiger partial charge in [0.2, 0.25) is 0 Å². The molecule has 0 radical (unpaired) electrons. The number of rotatable bonds is 4. The molecule has 0 bridgehead atoms. The molecule has 1 heterocycles. The first-order chi connectivity index (χ1) is 8.65. The molecule has 0 unspecified atom stereocenters. The van der Waals surface area contributed by atoms with E-state index in [1.165, 1.54) is 12.8 Å². The van der Waals surface area contributed by atoms with Crippen molar-refractivity contribution in [2.24, 2.45) is 5.92 Å². The molecule has 3 rings (SSSR count). The Balaban J connectivity index is 1.68. The van der Waals surface area contributed by atoms with Crippen LogP contribution in [0.25, 0.3) is 0 Å². The molecule has 1 aromatic rings. The average molecular weight is 265 g/mol. The highest BCUT2D eigenvalue weighted by Crippen LogP contribution is 2.42. The van der Waals surface area contributed by atoms with Crippen LogP contribution < -0.4 is 5.32 Å². The number of hydrogen-bond donors (Lipinski definition) is 1. The predicted molar refractivity (Wildman–Crippen MR) is 71.6 cm³/mol. The zero-order chi connectivity index (χ0) is 12.7. The molecule has 5 heteroatoms. The Kier molecular flexibility index (Phi) is 3.01. The highest BCUT2D eigenvalue weighted by Gasteiger charge is 2.37. The van der Waals surface area contributed by atoms with Gasteiger partial charge in [-0.3, -0.25) is 0 Å². The first kappa shape index (κ1) is 12.0. The lowest BCUT2D eigenvalue weighted by molar-refractivity contribution is 0.201. The largest absolute Gasteiger partial charge is 0.328 e. The summed E-state index contributed by atoms with van der Waals surface area (Å²) < 4.78 is 0. The molecule has 0 spiro atoms. The maximum absolute atomic E-state index is 12.1. The van der Waals surface area contributed by atoms with Crippen LogP contribution >= 0.6 is 11.3 Å². The van der Waals surface area contributed by atoms with E-state index in [-0.39, 0.29) is 12.1 Å². The minimum Gasteiger partial charge on any atom is -0.328 e. The lowest BCUT2D eigenvalue weighted by atomic mass is 10.2. The molecule has 1 atom stereocenters. The quantitative estimate of drug-likeness (QED) is 0.909. The van der Waals surface area contributed by atoms with Crippen molar-refractivity contribution in [3.63, 3.8) is 0 Å². The minimum absolute atomic E-state index is 0.0576. The molecule has 1 aromatic heterocycles. The summed E-state index contributed by atoms with van der Waals surface area (Å²) in [7, 11) is 1.89. The molecule has 0 aliphatic heterocycles. The smallest absolute Gasteiger partial charge is 0.317 e. The van der Waals surface area contributed by atoms with Crippen molar-refractivity contribution in [2.45, 2.75) is 44.7 Å². The van der Waals surface area contributed by atoms with Gasteiger partial charge in [-0.15, -0.1) is 11.3 Å². The van der Waals surface area contributed by atoms with Crippen LogP contribution in [0.4, 0.5) is 4.79 Å². The topological polar surface area (TPSA) is 45.2 Å². The zero-order valence-corrected chi connectivity index (χ0v) is 11.7. The van der Waals surface area contributed by atoms with Crippen molar-refractivity contribution in [2.75, 3.05) is 7.05 Å². The van der Waals surface area contributed by atoms with Gasteiger partial charge in [-0.2, -0.15) is 0 Å². The van der Waals surface area contributed by atoms with Crippen LogP contribution in [-0.2, 0) is 0 Å². The molecule has 2 fully saturated rings. The lowest BCUT2D eigenvalue weighted by Gasteiger charge is -2.22. The summed E-state index contributed by atoms with van der Waals surface area (Å²) in [6.07, 6.45) is 4.70. The van der Waals surface area contributed by atoms with Crippen LogP contribution in [0.3, 0.4) is 0 Å². The Hall–Kier alpha value is -1.10. The highest BCUT2D eigenvalue weighted by molar-refractivity contribution is 7.09. The number of carbonyl (C=O) groups is 1. The van der Waals surface area contributed by atoms with Crippen molar-refractivity contribution < 1.29 is 4.79 Å². The second kappa shape index (κ2) is 4.53. The molecule has 2 amide bonds. The average Bonchev–Trinajstić information content (AvgIpc) is 3.24. The third kappa shape index (κ3) is 2.51. The van der Waals surface area contributed by atoms with Crippen molar-refractivity contribution in [1.29, 1.82) is 0 Å². The van der Waals surface area contributed by atoms with Crippen molar-refractivity contribution in [3.8, 4) is 0 Å². The minimum atomic E-state index is 0.0576. The van der Waals surface area contributed by atoms with Crippen molar-refractivity contribution in [1.82, 2.24) is 15.2 Å². The molecule has 0 saturated heterocycles. The summed E-state index contributed by atoms with van der Waals surface area (Å²) in [5.74, 6) is 0.590. The molecule has 4 nitrogen and oxygen atoms in total. The number of carbonyl (C=O) groups excluding carboxylic acids is 1. The maximum Gasteiger partial charge on any atom is 0.317 e. The summed E-state index contributed by atoms with van der Waals surface area (Å²) >= 11 is 1.66. The SMILES string of the molecule is Cc1csc([C@H](NC(=O)N(C)C2CC2)C2CC2)n1. The number of nitrogens with zero attached hydrogens (tertiary/aromatic N) is 2. The monoisotopic (exact) mass is 265 g/mol. The molecule has 98 valence electrons. The maximum atomic E-state index is 12.1. The Morgan fingerprint density at radius 3 is 2.72 bits per heavy atom. The van der Waals surface area contributed by atoms with Gasteiger partial charge in [0, 0.05) is 24.2 Å². The summed E-state index contributed by atoms with van der Waals surface area (Å²) in [5.41, 5.74) is 1.05. The first-order valence-corrected chi connectivity index (χ1v) is 7.48. The van der Waals surface area contributed by atoms with Gasteiger partial charge in [0.1, 0.15) is 5.01 Å². The molecule has 2 saturated carbocycles. The van der Waals surface area contributed by atoms with E-state index < -0.39 is 0 Å². The predicted octanol–water partition coefficient (Wildman–Crippen LogP) is 2.71. The molecule has 18 heavy (non-hydrogen) atoms. The fourth-order valence-electron chi connectivity index (χ4n) is 2.19. The Morgan fingerprint density at radius 2 is 2.22 bits per heavy atom. The second-order valence-corrected chi connectivity index (χ2v) is 6.32. The number of nitrogens with one attached hydrogen (secondary N) is 1. The third-order valence-corrected chi connectivity index (χ3v) is 4.74. The van der Waals surface area contributed by atoms with Gasteiger partial charge in [-0.1, -0.05) is 0 Å². The van der Waals surface area contributed by atoms with E-state index in [0.717, 1.165) is 23.5 Å². The molecule has 0 aromatic carbocycles. The number of urea groups is 1. The highest BCUT2D eigenvalue weighted by atomic mass is 32.1. The third-order valence-electron chi connectivity index (χ3n) is 3.69. The summed E-state index contributed by atoms with van der Waals surface area (Å²) in [4.78, 5) is 18.5. The number of aromatic nitrogens is 1. The Bertz CT molecular complexity index is 451. The Labute approximate surface area is 111 Å². The van der Waals surface area contributed by atoms with Gasteiger partial charge >= 0.3 is 6.03 Å². The summed E-state index contributed by atoms with van der Waals surface area (Å²) in [6.45, 7) is 2.00. The number of aryl methyl sites for hydroxylation is 1. The van der Waals surface area contributed by atoms with Crippen LogP contribution in [0.2, 0.25) is 0 Å². The van der Waals surface area contributed by atoms with Gasteiger partial charge in [0.05, 0.1) is 6.04 Å². The van der Waals surface area contributed by atoms with Crippen LogP contribution in [-0.4, -0.2) is 29.0 Å². The summed E-state index contributed by atoms with van der Waals surface area (Å²) in [6, 6.07) is 0.641. The van der Waals surface area contributed by atoms with Crippen LogP contribution in [0, 0.1) is 12.8 Å². The molecular formula is C13H19N3OS. The fourth-order valence-corrected chi connectivity index (χ4v) is 3.13. The van der Waals surface area contributed by atoms with Gasteiger partial charge < -0.3 is 10.2 Å². The number of amides is 2. The van der Waals surface area contributed by atoms with Gasteiger partial charge in [0.25, 0.3) is 0 Å². The van der Waals surface area contributed by atoms with E-state index in [4.69, 9.17) is 0 Å². The lowest BCUT2D eigenvalue weighted by Crippen LogP contribution is -2.41. The molecule has 2 aliphatic rings. The molecular weight excluding hydrogens is 246 g/mol. The van der Waals surface area contributed by atoms with Crippen LogP contribution in [0.1, 0.15) is 42.4 Å². The van der Waals surface area contributed by atoms with E-state index >= 15 is 0 Å². The van der Waals surface area contributed by atoms with E-state index in [0.29, 0.717) is 12.0 Å². The van der Waals surface area contributed by atoms with Gasteiger partial charge in [-0.05, 0) is 38.5 Å². The molecule has 2 aliphatic carbocycles. The van der Waals surface area contributed by atoms with E-state index in [1.54, 1.807) is 11.3 Å². The number of hydrogen-bond acceptors (Lipinski definition) is 3. The fraction of sp³-hybridized carbons (Fsp3) is 0.692. The second-order valence-electron chi connectivity index (χ2n) is 5.43. The normalized spacial score (nSPS) is 20.6. The Morgan fingerprint density at radius 1 is 1.50 bits per heavy atom. The van der Waals surface area contributed by atoms with E-state index in [2.05, 4.69) is 15.7 Å².